The molecule has 0 radical (unpaired) electrons. The van der Waals surface area contributed by atoms with Gasteiger partial charge in [-0.25, -0.2) is 4.99 Å². The number of methoxy groups -OCH3 is 1. The summed E-state index contributed by atoms with van der Waals surface area (Å²) in [6.45, 7) is 2.90. The van der Waals surface area contributed by atoms with Crippen LogP contribution in [0.3, 0.4) is 0 Å². The molecule has 0 spiro atoms. The molecule has 0 atom stereocenters. The first kappa shape index (κ1) is 14.3. The minimum absolute atomic E-state index is 0.198. The molecule has 0 aliphatic carbocycles. The average molecular weight is 298 g/mol. The number of carbonyl (C=O) groups is 1. The summed E-state index contributed by atoms with van der Waals surface area (Å²) < 4.78 is 5.07. The zero-order chi connectivity index (χ0) is 15.5. The topological polar surface area (TPSA) is 78.5 Å². The predicted octanol–water partition coefficient (Wildman–Crippen LogP) is 1.62. The molecular weight excluding hydrogens is 280 g/mol. The second-order valence-corrected chi connectivity index (χ2v) is 5.06. The zero-order valence-electron chi connectivity index (χ0n) is 12.6. The summed E-state index contributed by atoms with van der Waals surface area (Å²) in [7, 11) is 1.64. The van der Waals surface area contributed by atoms with Gasteiger partial charge in [-0.3, -0.25) is 4.79 Å². The fourth-order valence-corrected chi connectivity index (χ4v) is 2.43. The monoisotopic (exact) mass is 298 g/mol. The molecular formula is C16H18N4O2. The highest BCUT2D eigenvalue weighted by Crippen LogP contribution is 2.23. The van der Waals surface area contributed by atoms with E-state index in [4.69, 9.17) is 4.74 Å². The lowest BCUT2D eigenvalue weighted by Crippen LogP contribution is -2.25. The number of aromatic nitrogens is 1. The van der Waals surface area contributed by atoms with Crippen molar-refractivity contribution in [2.24, 2.45) is 4.99 Å². The van der Waals surface area contributed by atoms with Gasteiger partial charge in [0.2, 0.25) is 0 Å². The number of benzene rings is 1. The molecule has 22 heavy (non-hydrogen) atoms. The molecule has 6 nitrogen and oxygen atoms in total. The SMILES string of the molecule is COCCN/C(=C1/N=C(C)NC1=O)c1cc2ccccc2[nH]1. The van der Waals surface area contributed by atoms with Crippen molar-refractivity contribution in [3.8, 4) is 0 Å². The summed E-state index contributed by atoms with van der Waals surface area (Å²) in [6.07, 6.45) is 0. The summed E-state index contributed by atoms with van der Waals surface area (Å²) in [6, 6.07) is 9.98. The number of nitrogens with one attached hydrogen (secondary N) is 3. The van der Waals surface area contributed by atoms with Crippen LogP contribution in [-0.2, 0) is 9.53 Å². The molecule has 0 fully saturated rings. The second-order valence-electron chi connectivity index (χ2n) is 5.06. The first-order valence-corrected chi connectivity index (χ1v) is 7.11. The number of para-hydroxylation sites is 1. The minimum atomic E-state index is -0.198. The van der Waals surface area contributed by atoms with Crippen molar-refractivity contribution in [2.75, 3.05) is 20.3 Å². The van der Waals surface area contributed by atoms with Gasteiger partial charge in [0.15, 0.2) is 5.70 Å². The van der Waals surface area contributed by atoms with Crippen LogP contribution in [0.25, 0.3) is 16.6 Å². The van der Waals surface area contributed by atoms with E-state index in [1.165, 1.54) is 0 Å². The minimum Gasteiger partial charge on any atom is -0.383 e. The summed E-state index contributed by atoms with van der Waals surface area (Å²) >= 11 is 0. The number of amidine groups is 1. The summed E-state index contributed by atoms with van der Waals surface area (Å²) in [5, 5.41) is 7.04. The number of carbonyl (C=O) groups excluding carboxylic acids is 1. The van der Waals surface area contributed by atoms with Gasteiger partial charge in [-0.15, -0.1) is 0 Å². The maximum absolute atomic E-state index is 12.1. The highest BCUT2D eigenvalue weighted by atomic mass is 16.5. The predicted molar refractivity (Wildman–Crippen MR) is 86.3 cm³/mol. The van der Waals surface area contributed by atoms with Gasteiger partial charge in [-0.05, 0) is 19.1 Å². The molecule has 2 aromatic rings. The van der Waals surface area contributed by atoms with Crippen molar-refractivity contribution >= 4 is 28.3 Å². The summed E-state index contributed by atoms with van der Waals surface area (Å²) in [5.74, 6) is 0.401. The molecule has 1 aromatic heterocycles. The standard InChI is InChI=1S/C16H18N4O2/c1-10-18-15(16(21)19-10)14(17-7-8-22-2)13-9-11-5-3-4-6-12(11)20-13/h3-6,9,17,20H,7-8H2,1-2H3,(H,18,19,21)/b15-14+. The van der Waals surface area contributed by atoms with Crippen LogP contribution in [0, 0.1) is 0 Å². The van der Waals surface area contributed by atoms with E-state index in [-0.39, 0.29) is 5.91 Å². The van der Waals surface area contributed by atoms with Crippen LogP contribution in [0.15, 0.2) is 41.0 Å². The Hall–Kier alpha value is -2.60. The van der Waals surface area contributed by atoms with Gasteiger partial charge in [0.25, 0.3) is 5.91 Å². The van der Waals surface area contributed by atoms with Crippen molar-refractivity contribution in [2.45, 2.75) is 6.92 Å². The fraction of sp³-hybridized carbons (Fsp3) is 0.250. The lowest BCUT2D eigenvalue weighted by atomic mass is 10.2. The molecule has 0 saturated heterocycles. The molecule has 0 unspecified atom stereocenters. The van der Waals surface area contributed by atoms with Crippen molar-refractivity contribution in [3.63, 3.8) is 0 Å². The average Bonchev–Trinajstić information content (AvgIpc) is 3.06. The molecule has 1 amide bonds. The van der Waals surface area contributed by atoms with Gasteiger partial charge in [-0.1, -0.05) is 18.2 Å². The Morgan fingerprint density at radius 3 is 2.86 bits per heavy atom. The first-order valence-electron chi connectivity index (χ1n) is 7.11. The van der Waals surface area contributed by atoms with E-state index < -0.39 is 0 Å². The van der Waals surface area contributed by atoms with E-state index in [9.17, 15) is 4.79 Å². The molecule has 1 aliphatic heterocycles. The number of hydrogen-bond donors (Lipinski definition) is 3. The molecule has 114 valence electrons. The Bertz CT molecular complexity index is 740. The van der Waals surface area contributed by atoms with Gasteiger partial charge in [-0.2, -0.15) is 0 Å². The fourth-order valence-electron chi connectivity index (χ4n) is 2.43. The highest BCUT2D eigenvalue weighted by Gasteiger charge is 2.23. The van der Waals surface area contributed by atoms with Crippen LogP contribution >= 0.6 is 0 Å². The number of H-pyrrole nitrogens is 1. The van der Waals surface area contributed by atoms with E-state index in [0.717, 1.165) is 16.6 Å². The van der Waals surface area contributed by atoms with E-state index in [2.05, 4.69) is 20.6 Å². The highest BCUT2D eigenvalue weighted by molar-refractivity contribution is 6.15. The van der Waals surface area contributed by atoms with E-state index >= 15 is 0 Å². The smallest absolute Gasteiger partial charge is 0.277 e. The van der Waals surface area contributed by atoms with Gasteiger partial charge in [0.1, 0.15) is 5.84 Å². The van der Waals surface area contributed by atoms with Crippen LogP contribution in [-0.4, -0.2) is 37.0 Å². The Morgan fingerprint density at radius 2 is 2.18 bits per heavy atom. The first-order chi connectivity index (χ1) is 10.7. The van der Waals surface area contributed by atoms with Crippen LogP contribution in [0.5, 0.6) is 0 Å². The van der Waals surface area contributed by atoms with Crippen LogP contribution < -0.4 is 10.6 Å². The number of ether oxygens (including phenoxy) is 1. The maximum atomic E-state index is 12.1. The largest absolute Gasteiger partial charge is 0.383 e. The Balaban J connectivity index is 2.05. The number of nitrogens with zero attached hydrogens (tertiary/aromatic N) is 1. The third-order valence-electron chi connectivity index (χ3n) is 3.43. The van der Waals surface area contributed by atoms with Crippen LogP contribution in [0.4, 0.5) is 0 Å². The maximum Gasteiger partial charge on any atom is 0.277 e. The molecule has 1 aromatic carbocycles. The van der Waals surface area contributed by atoms with Gasteiger partial charge in [0.05, 0.1) is 18.0 Å². The number of hydrogen-bond acceptors (Lipinski definition) is 4. The van der Waals surface area contributed by atoms with Crippen molar-refractivity contribution < 1.29 is 9.53 Å². The Kier molecular flexibility index (Phi) is 3.93. The second kappa shape index (κ2) is 6.03. The Labute approximate surface area is 128 Å². The van der Waals surface area contributed by atoms with Crippen molar-refractivity contribution in [3.05, 3.63) is 41.7 Å². The summed E-state index contributed by atoms with van der Waals surface area (Å²) in [5.41, 5.74) is 2.92. The molecule has 3 N–H and O–H groups in total. The number of amides is 1. The van der Waals surface area contributed by atoms with Crippen molar-refractivity contribution in [1.29, 1.82) is 0 Å². The normalized spacial score (nSPS) is 16.6. The van der Waals surface area contributed by atoms with Crippen LogP contribution in [0.1, 0.15) is 12.6 Å². The number of fused-ring (bicyclic) bond motifs is 1. The van der Waals surface area contributed by atoms with E-state index in [1.54, 1.807) is 14.0 Å². The number of rotatable bonds is 5. The molecule has 0 bridgehead atoms. The van der Waals surface area contributed by atoms with Crippen LogP contribution in [0.2, 0.25) is 0 Å². The van der Waals surface area contributed by atoms with Gasteiger partial charge in [0, 0.05) is 24.6 Å². The third kappa shape index (κ3) is 2.73. The van der Waals surface area contributed by atoms with E-state index in [1.807, 2.05) is 30.3 Å². The van der Waals surface area contributed by atoms with Gasteiger partial charge >= 0.3 is 0 Å². The molecule has 2 heterocycles. The molecule has 0 saturated carbocycles. The number of aliphatic imine (C=N–C) groups is 1. The number of aromatic amines is 1. The summed E-state index contributed by atoms with van der Waals surface area (Å²) in [4.78, 5) is 19.7. The third-order valence-corrected chi connectivity index (χ3v) is 3.43. The van der Waals surface area contributed by atoms with Crippen molar-refractivity contribution in [1.82, 2.24) is 15.6 Å². The zero-order valence-corrected chi connectivity index (χ0v) is 12.6. The molecule has 3 rings (SSSR count). The lowest BCUT2D eigenvalue weighted by molar-refractivity contribution is -0.115. The molecule has 6 heteroatoms. The Morgan fingerprint density at radius 1 is 1.36 bits per heavy atom. The van der Waals surface area contributed by atoms with Gasteiger partial charge < -0.3 is 20.4 Å². The quantitative estimate of drug-likeness (QED) is 0.580. The molecule has 1 aliphatic rings. The lowest BCUT2D eigenvalue weighted by Gasteiger charge is -2.10. The van der Waals surface area contributed by atoms with E-state index in [0.29, 0.717) is 30.4 Å².